The lowest BCUT2D eigenvalue weighted by atomic mass is 10.0. The molecule has 3 rings (SSSR count). The number of aromatic nitrogens is 2. The predicted octanol–water partition coefficient (Wildman–Crippen LogP) is 4.35. The summed E-state index contributed by atoms with van der Waals surface area (Å²) in [4.78, 5) is 38.0. The van der Waals surface area contributed by atoms with Crippen LogP contribution in [0.1, 0.15) is 60.4 Å². The maximum absolute atomic E-state index is 12.9. The molecule has 0 aliphatic carbocycles. The molecule has 41 heavy (non-hydrogen) atoms. The Hall–Kier alpha value is -3.65. The number of ether oxygens (including phenoxy) is 2. The summed E-state index contributed by atoms with van der Waals surface area (Å²) in [5.41, 5.74) is 0.361. The maximum Gasteiger partial charge on any atom is 0.435 e. The molecule has 0 atom stereocenters. The largest absolute Gasteiger partial charge is 0.448 e. The van der Waals surface area contributed by atoms with Crippen molar-refractivity contribution in [2.75, 3.05) is 46.2 Å². The molecular weight excluding hydrogens is 545 g/mol. The van der Waals surface area contributed by atoms with Crippen LogP contribution in [0.25, 0.3) is 0 Å². The van der Waals surface area contributed by atoms with Gasteiger partial charge in [-0.2, -0.15) is 17.9 Å². The van der Waals surface area contributed by atoms with Crippen molar-refractivity contribution < 1.29 is 37.0 Å². The molecule has 0 spiro atoms. The number of benzene rings is 1. The number of aldehydes is 1. The quantitative estimate of drug-likeness (QED) is 0.437. The minimum Gasteiger partial charge on any atom is -0.448 e. The van der Waals surface area contributed by atoms with Crippen molar-refractivity contribution in [2.24, 2.45) is 0 Å². The zero-order valence-corrected chi connectivity index (χ0v) is 24.5. The first-order valence-corrected chi connectivity index (χ1v) is 13.1. The van der Waals surface area contributed by atoms with E-state index in [1.165, 1.54) is 21.7 Å². The molecule has 2 N–H and O–H groups in total. The molecule has 1 aromatic heterocycles. The van der Waals surface area contributed by atoms with E-state index in [0.29, 0.717) is 37.4 Å². The highest BCUT2D eigenvalue weighted by atomic mass is 19.4. The number of nitrogens with one attached hydrogen (secondary N) is 2. The highest BCUT2D eigenvalue weighted by Crippen LogP contribution is 2.33. The van der Waals surface area contributed by atoms with E-state index in [0.717, 1.165) is 11.6 Å². The van der Waals surface area contributed by atoms with E-state index in [4.69, 9.17) is 9.47 Å². The molecule has 11 nitrogen and oxygen atoms in total. The van der Waals surface area contributed by atoms with Crippen LogP contribution in [0.15, 0.2) is 18.2 Å². The van der Waals surface area contributed by atoms with Crippen LogP contribution >= 0.6 is 0 Å². The molecule has 14 heteroatoms. The van der Waals surface area contributed by atoms with Gasteiger partial charge in [0.25, 0.3) is 0 Å². The van der Waals surface area contributed by atoms with Gasteiger partial charge in [-0.15, -0.1) is 5.10 Å². The van der Waals surface area contributed by atoms with Gasteiger partial charge in [0, 0.05) is 37.8 Å². The molecule has 0 radical (unpaired) electrons. The van der Waals surface area contributed by atoms with E-state index in [9.17, 15) is 27.6 Å². The fourth-order valence-corrected chi connectivity index (χ4v) is 3.98. The summed E-state index contributed by atoms with van der Waals surface area (Å²) < 4.78 is 50.3. The van der Waals surface area contributed by atoms with Crippen molar-refractivity contribution in [3.8, 4) is 0 Å². The van der Waals surface area contributed by atoms with Crippen molar-refractivity contribution in [2.45, 2.75) is 59.1 Å². The van der Waals surface area contributed by atoms with Crippen LogP contribution in [0.5, 0.6) is 0 Å². The molecule has 1 amide bonds. The van der Waals surface area contributed by atoms with Crippen LogP contribution in [0.2, 0.25) is 0 Å². The second kappa shape index (κ2) is 14.3. The summed E-state index contributed by atoms with van der Waals surface area (Å²) in [5.74, 6) is 0.564. The van der Waals surface area contributed by atoms with E-state index in [1.807, 2.05) is 20.8 Å². The molecule has 0 unspecified atom stereocenters. The zero-order chi connectivity index (χ0) is 31.0. The first kappa shape index (κ1) is 33.6. The van der Waals surface area contributed by atoms with Gasteiger partial charge in [0.2, 0.25) is 0 Å². The fraction of sp³-hybridized carbons (Fsp3) is 0.556. The second-order valence-corrected chi connectivity index (χ2v) is 10.3. The molecule has 0 fully saturated rings. The average Bonchev–Trinajstić information content (AvgIpc) is 3.46. The van der Waals surface area contributed by atoms with E-state index in [1.54, 1.807) is 33.0 Å². The van der Waals surface area contributed by atoms with E-state index < -0.39 is 29.5 Å². The minimum absolute atomic E-state index is 0.0361. The van der Waals surface area contributed by atoms with Crippen LogP contribution in [0.4, 0.5) is 28.6 Å². The highest BCUT2D eigenvalue weighted by molar-refractivity contribution is 5.76. The number of halogens is 3. The number of carbonyl (C=O) groups excluding carboxylic acids is 3. The number of hydrogen-bond donors (Lipinski definition) is 2. The number of anilines is 1. The molecule has 2 aromatic rings. The van der Waals surface area contributed by atoms with Crippen LogP contribution in [0, 0.1) is 0 Å². The Bertz CT molecular complexity index is 1210. The van der Waals surface area contributed by atoms with Gasteiger partial charge < -0.3 is 25.0 Å². The molecule has 2 heterocycles. The second-order valence-electron chi connectivity index (χ2n) is 10.3. The van der Waals surface area contributed by atoms with Crippen LogP contribution in [0.3, 0.4) is 0 Å². The summed E-state index contributed by atoms with van der Waals surface area (Å²) in [6.07, 6.45) is -4.99. The van der Waals surface area contributed by atoms with Gasteiger partial charge in [-0.25, -0.2) is 9.59 Å². The Balaban J connectivity index is 0.000000290. The van der Waals surface area contributed by atoms with Crippen molar-refractivity contribution in [3.05, 3.63) is 46.1 Å². The average molecular weight is 585 g/mol. The lowest BCUT2D eigenvalue weighted by Gasteiger charge is -2.24. The van der Waals surface area contributed by atoms with E-state index >= 15 is 0 Å². The first-order valence-electron chi connectivity index (χ1n) is 13.1. The molecular formula is C27H39F3N6O5. The number of nitrogens with zero attached hydrogens (tertiary/aromatic N) is 4. The van der Waals surface area contributed by atoms with Crippen molar-refractivity contribution in [1.29, 1.82) is 0 Å². The van der Waals surface area contributed by atoms with E-state index in [2.05, 4.69) is 15.7 Å². The number of carbonyl (C=O) groups is 3. The summed E-state index contributed by atoms with van der Waals surface area (Å²) in [6, 6.07) is 3.67. The lowest BCUT2D eigenvalue weighted by Crippen LogP contribution is -2.34. The Kier molecular flexibility index (Phi) is 11.7. The Labute approximate surface area is 237 Å². The number of amides is 1. The minimum atomic E-state index is -4.45. The third kappa shape index (κ3) is 9.46. The Morgan fingerprint density at radius 1 is 1.15 bits per heavy atom. The summed E-state index contributed by atoms with van der Waals surface area (Å²) in [5, 5.41) is 10.1. The van der Waals surface area contributed by atoms with Crippen LogP contribution in [-0.2, 0) is 35.3 Å². The molecule has 228 valence electrons. The number of likely N-dealkylation sites (N-methyl/N-ethyl adjacent to an activating group) is 2. The Morgan fingerprint density at radius 3 is 2.37 bits per heavy atom. The third-order valence-electron chi connectivity index (χ3n) is 5.87. The SMILES string of the molecule is CCOC(=O)n1nc(NC)c2c1CN(C(=O)OC(C)(C)C)C2.CNCCN(C)Cc1ccc(C=O)cc1C(F)(F)F. The van der Waals surface area contributed by atoms with Gasteiger partial charge in [-0.1, -0.05) is 12.1 Å². The van der Waals surface area contributed by atoms with Gasteiger partial charge in [0.05, 0.1) is 31.0 Å². The number of hydrogen-bond acceptors (Lipinski definition) is 9. The standard InChI is InChI=1S/C14H22N4O4.C13H17F3N2O/c1-6-21-13(20)18-10-8-17(12(19)22-14(2,3)4)7-9(10)11(15-5)16-18;1-17-5-6-18(2)8-11-4-3-10(9-19)7-12(11)13(14,15)16/h6-8H2,1-5H3,(H,15,16);3-4,7,9,17H,5-6,8H2,1-2H3. The maximum atomic E-state index is 12.9. The number of alkyl halides is 3. The normalized spacial score (nSPS) is 12.9. The first-order chi connectivity index (χ1) is 19.1. The number of fused-ring (bicyclic) bond motifs is 1. The smallest absolute Gasteiger partial charge is 0.435 e. The van der Waals surface area contributed by atoms with Crippen LogP contribution in [-0.4, -0.2) is 84.5 Å². The highest BCUT2D eigenvalue weighted by Gasteiger charge is 2.35. The summed E-state index contributed by atoms with van der Waals surface area (Å²) >= 11 is 0. The van der Waals surface area contributed by atoms with Gasteiger partial charge >= 0.3 is 18.4 Å². The molecule has 0 saturated heterocycles. The van der Waals surface area contributed by atoms with Gasteiger partial charge in [0.1, 0.15) is 11.9 Å². The van der Waals surface area contributed by atoms with Gasteiger partial charge in [0.15, 0.2) is 5.82 Å². The number of rotatable bonds is 8. The molecule has 1 aromatic carbocycles. The summed E-state index contributed by atoms with van der Waals surface area (Å²) in [6.45, 7) is 9.57. The Morgan fingerprint density at radius 2 is 1.83 bits per heavy atom. The third-order valence-corrected chi connectivity index (χ3v) is 5.87. The predicted molar refractivity (Wildman–Crippen MR) is 147 cm³/mol. The molecule has 1 aliphatic heterocycles. The monoisotopic (exact) mass is 584 g/mol. The molecule has 0 bridgehead atoms. The molecule has 1 aliphatic rings. The topological polar surface area (TPSA) is 118 Å². The van der Waals surface area contributed by atoms with Crippen LogP contribution < -0.4 is 10.6 Å². The zero-order valence-electron chi connectivity index (χ0n) is 24.5. The molecule has 0 saturated carbocycles. The van der Waals surface area contributed by atoms with Gasteiger partial charge in [-0.05, 0) is 53.4 Å². The van der Waals surface area contributed by atoms with E-state index in [-0.39, 0.29) is 30.8 Å². The van der Waals surface area contributed by atoms with Gasteiger partial charge in [-0.3, -0.25) is 9.69 Å². The van der Waals surface area contributed by atoms with Crippen molar-refractivity contribution >= 4 is 24.3 Å². The van der Waals surface area contributed by atoms with Crippen molar-refractivity contribution in [1.82, 2.24) is 24.9 Å². The fourth-order valence-electron chi connectivity index (χ4n) is 3.98. The summed E-state index contributed by atoms with van der Waals surface area (Å²) in [7, 11) is 5.26. The lowest BCUT2D eigenvalue weighted by molar-refractivity contribution is -0.138. The van der Waals surface area contributed by atoms with Crippen molar-refractivity contribution in [3.63, 3.8) is 0 Å².